The maximum atomic E-state index is 12.0. The lowest BCUT2D eigenvalue weighted by Crippen LogP contribution is -2.26. The van der Waals surface area contributed by atoms with E-state index < -0.39 is 0 Å². The van der Waals surface area contributed by atoms with Gasteiger partial charge >= 0.3 is 0 Å². The summed E-state index contributed by atoms with van der Waals surface area (Å²) in [5, 5.41) is 2.98. The van der Waals surface area contributed by atoms with Crippen molar-refractivity contribution in [2.45, 2.75) is 17.9 Å². The van der Waals surface area contributed by atoms with Crippen molar-refractivity contribution >= 4 is 17.7 Å². The monoisotopic (exact) mass is 272 g/mol. The van der Waals surface area contributed by atoms with Gasteiger partial charge in [-0.3, -0.25) is 9.78 Å². The van der Waals surface area contributed by atoms with Gasteiger partial charge in [-0.1, -0.05) is 12.1 Å². The Kier molecular flexibility index (Phi) is 4.58. The van der Waals surface area contributed by atoms with E-state index in [1.54, 1.807) is 36.3 Å². The van der Waals surface area contributed by atoms with Crippen LogP contribution in [0.15, 0.2) is 53.7 Å². The predicted octanol–water partition coefficient (Wildman–Crippen LogP) is 3.29. The van der Waals surface area contributed by atoms with Gasteiger partial charge < -0.3 is 5.32 Å². The molecule has 4 heteroatoms. The molecule has 19 heavy (non-hydrogen) atoms. The topological polar surface area (TPSA) is 42.0 Å². The summed E-state index contributed by atoms with van der Waals surface area (Å²) in [6.07, 6.45) is 5.28. The van der Waals surface area contributed by atoms with Gasteiger partial charge in [0, 0.05) is 22.9 Å². The van der Waals surface area contributed by atoms with E-state index in [2.05, 4.69) is 22.4 Å². The molecular formula is C15H16N2OS. The van der Waals surface area contributed by atoms with E-state index in [0.29, 0.717) is 5.56 Å². The summed E-state index contributed by atoms with van der Waals surface area (Å²) in [6.45, 7) is 1.98. The van der Waals surface area contributed by atoms with E-state index in [1.807, 2.05) is 25.3 Å². The minimum absolute atomic E-state index is 0.0171. The van der Waals surface area contributed by atoms with Crippen molar-refractivity contribution in [2.75, 3.05) is 6.26 Å². The van der Waals surface area contributed by atoms with Gasteiger partial charge in [0.2, 0.25) is 0 Å². The Hall–Kier alpha value is -1.81. The molecule has 0 saturated carbocycles. The highest BCUT2D eigenvalue weighted by Crippen LogP contribution is 2.19. The molecule has 0 saturated heterocycles. The standard InChI is InChI=1S/C15H16N2OS/c1-11(12-3-5-14(19-2)6-4-12)17-15(18)13-7-9-16-10-8-13/h3-11H,1-2H3,(H,17,18)/t11-/m0/s1. The van der Waals surface area contributed by atoms with Crippen LogP contribution in [0.4, 0.5) is 0 Å². The number of carbonyl (C=O) groups excluding carboxylic acids is 1. The van der Waals surface area contributed by atoms with Gasteiger partial charge in [-0.2, -0.15) is 0 Å². The molecule has 0 aliphatic heterocycles. The highest BCUT2D eigenvalue weighted by atomic mass is 32.2. The van der Waals surface area contributed by atoms with Gasteiger partial charge in [0.05, 0.1) is 6.04 Å². The first kappa shape index (κ1) is 13.6. The molecule has 1 amide bonds. The number of nitrogens with zero attached hydrogens (tertiary/aromatic N) is 1. The number of thioether (sulfide) groups is 1. The van der Waals surface area contributed by atoms with Crippen molar-refractivity contribution in [3.8, 4) is 0 Å². The first-order valence-electron chi connectivity index (χ1n) is 6.05. The molecule has 0 aliphatic rings. The molecule has 1 N–H and O–H groups in total. The molecular weight excluding hydrogens is 256 g/mol. The second-order valence-electron chi connectivity index (χ2n) is 4.20. The molecule has 0 spiro atoms. The molecule has 98 valence electrons. The maximum absolute atomic E-state index is 12.0. The fraction of sp³-hybridized carbons (Fsp3) is 0.200. The Morgan fingerprint density at radius 2 is 1.79 bits per heavy atom. The van der Waals surface area contributed by atoms with Crippen molar-refractivity contribution < 1.29 is 4.79 Å². The first-order chi connectivity index (χ1) is 9.20. The lowest BCUT2D eigenvalue weighted by atomic mass is 10.1. The molecule has 1 atom stereocenters. The molecule has 2 aromatic rings. The number of rotatable bonds is 4. The number of benzene rings is 1. The lowest BCUT2D eigenvalue weighted by Gasteiger charge is -2.14. The van der Waals surface area contributed by atoms with Crippen molar-refractivity contribution in [1.29, 1.82) is 0 Å². The smallest absolute Gasteiger partial charge is 0.251 e. The van der Waals surface area contributed by atoms with Gasteiger partial charge in [0.25, 0.3) is 5.91 Å². The molecule has 1 aromatic carbocycles. The molecule has 0 bridgehead atoms. The van der Waals surface area contributed by atoms with E-state index in [0.717, 1.165) is 5.56 Å². The summed E-state index contributed by atoms with van der Waals surface area (Å²) in [4.78, 5) is 17.1. The summed E-state index contributed by atoms with van der Waals surface area (Å²) in [6, 6.07) is 11.6. The molecule has 2 rings (SSSR count). The zero-order chi connectivity index (χ0) is 13.7. The van der Waals surface area contributed by atoms with Crippen LogP contribution in [0, 0.1) is 0 Å². The van der Waals surface area contributed by atoms with Crippen molar-refractivity contribution in [3.05, 3.63) is 59.9 Å². The SMILES string of the molecule is CSc1ccc([C@H](C)NC(=O)c2ccncc2)cc1. The van der Waals surface area contributed by atoms with Gasteiger partial charge in [0.15, 0.2) is 0 Å². The van der Waals surface area contributed by atoms with Gasteiger partial charge in [0.1, 0.15) is 0 Å². The number of amides is 1. The minimum Gasteiger partial charge on any atom is -0.346 e. The molecule has 0 unspecified atom stereocenters. The van der Waals surface area contributed by atoms with E-state index in [4.69, 9.17) is 0 Å². The Morgan fingerprint density at radius 1 is 1.16 bits per heavy atom. The van der Waals surface area contributed by atoms with E-state index in [-0.39, 0.29) is 11.9 Å². The Morgan fingerprint density at radius 3 is 2.37 bits per heavy atom. The summed E-state index contributed by atoms with van der Waals surface area (Å²) in [5.41, 5.74) is 1.72. The molecule has 3 nitrogen and oxygen atoms in total. The van der Waals surface area contributed by atoms with E-state index >= 15 is 0 Å². The van der Waals surface area contributed by atoms with Crippen LogP contribution in [0.2, 0.25) is 0 Å². The molecule has 1 heterocycles. The normalized spacial score (nSPS) is 11.9. The van der Waals surface area contributed by atoms with Crippen LogP contribution in [0.5, 0.6) is 0 Å². The number of nitrogens with one attached hydrogen (secondary N) is 1. The van der Waals surface area contributed by atoms with Gasteiger partial charge in [-0.05, 0) is 43.0 Å². The Labute approximate surface area is 117 Å². The average Bonchev–Trinajstić information content (AvgIpc) is 2.48. The zero-order valence-electron chi connectivity index (χ0n) is 11.0. The number of aromatic nitrogens is 1. The fourth-order valence-electron chi connectivity index (χ4n) is 1.76. The summed E-state index contributed by atoms with van der Waals surface area (Å²) in [7, 11) is 0. The summed E-state index contributed by atoms with van der Waals surface area (Å²) < 4.78 is 0. The second-order valence-corrected chi connectivity index (χ2v) is 5.08. The maximum Gasteiger partial charge on any atom is 0.251 e. The van der Waals surface area contributed by atoms with Crippen LogP contribution in [0.1, 0.15) is 28.9 Å². The fourth-order valence-corrected chi connectivity index (χ4v) is 2.17. The molecule has 0 fully saturated rings. The second kappa shape index (κ2) is 6.38. The van der Waals surface area contributed by atoms with Crippen LogP contribution >= 0.6 is 11.8 Å². The van der Waals surface area contributed by atoms with E-state index in [1.165, 1.54) is 4.90 Å². The molecule has 1 aromatic heterocycles. The summed E-state index contributed by atoms with van der Waals surface area (Å²) in [5.74, 6) is -0.0798. The number of carbonyl (C=O) groups is 1. The predicted molar refractivity (Wildman–Crippen MR) is 78.3 cm³/mol. The van der Waals surface area contributed by atoms with Crippen LogP contribution in [-0.2, 0) is 0 Å². The van der Waals surface area contributed by atoms with Crippen molar-refractivity contribution in [2.24, 2.45) is 0 Å². The number of hydrogen-bond acceptors (Lipinski definition) is 3. The van der Waals surface area contributed by atoms with Crippen LogP contribution in [0.3, 0.4) is 0 Å². The largest absolute Gasteiger partial charge is 0.346 e. The number of hydrogen-bond donors (Lipinski definition) is 1. The zero-order valence-corrected chi connectivity index (χ0v) is 11.8. The highest BCUT2D eigenvalue weighted by Gasteiger charge is 2.10. The number of pyridine rings is 1. The first-order valence-corrected chi connectivity index (χ1v) is 7.28. The molecule has 0 aliphatic carbocycles. The average molecular weight is 272 g/mol. The molecule has 0 radical (unpaired) electrons. The van der Waals surface area contributed by atoms with Crippen molar-refractivity contribution in [3.63, 3.8) is 0 Å². The van der Waals surface area contributed by atoms with Gasteiger partial charge in [-0.15, -0.1) is 11.8 Å². The third-order valence-corrected chi connectivity index (χ3v) is 3.65. The Bertz CT molecular complexity index is 540. The summed E-state index contributed by atoms with van der Waals surface area (Å²) >= 11 is 1.71. The van der Waals surface area contributed by atoms with E-state index in [9.17, 15) is 4.79 Å². The van der Waals surface area contributed by atoms with Crippen LogP contribution in [-0.4, -0.2) is 17.1 Å². The third kappa shape index (κ3) is 3.58. The quantitative estimate of drug-likeness (QED) is 0.868. The minimum atomic E-state index is -0.0798. The third-order valence-electron chi connectivity index (χ3n) is 2.91. The van der Waals surface area contributed by atoms with Crippen LogP contribution in [0.25, 0.3) is 0 Å². The highest BCUT2D eigenvalue weighted by molar-refractivity contribution is 7.98. The Balaban J connectivity index is 2.04. The van der Waals surface area contributed by atoms with Gasteiger partial charge in [-0.25, -0.2) is 0 Å². The van der Waals surface area contributed by atoms with Crippen molar-refractivity contribution in [1.82, 2.24) is 10.3 Å². The van der Waals surface area contributed by atoms with Crippen LogP contribution < -0.4 is 5.32 Å². The lowest BCUT2D eigenvalue weighted by molar-refractivity contribution is 0.0940.